The van der Waals surface area contributed by atoms with E-state index in [-0.39, 0.29) is 42.9 Å². The number of nitrogens with one attached hydrogen (secondary N) is 2. The molecule has 1 aliphatic heterocycles. The molecule has 0 aromatic heterocycles. The molecule has 3 aromatic carbocycles. The van der Waals surface area contributed by atoms with Crippen LogP contribution in [0.3, 0.4) is 0 Å². The van der Waals surface area contributed by atoms with Gasteiger partial charge in [-0.1, -0.05) is 36.4 Å². The monoisotopic (exact) mass is 664 g/mol. The Morgan fingerprint density at radius 3 is 2.20 bits per heavy atom. The molecule has 10 nitrogen and oxygen atoms in total. The number of benzene rings is 3. The number of amides is 1. The summed E-state index contributed by atoms with van der Waals surface area (Å²) in [5, 5.41) is 23.5. The van der Waals surface area contributed by atoms with Crippen molar-refractivity contribution in [1.29, 1.82) is 5.26 Å². The van der Waals surface area contributed by atoms with Crippen molar-refractivity contribution >= 4 is 31.6 Å². The number of carbonyl (C=O) groups is 1. The van der Waals surface area contributed by atoms with Gasteiger partial charge in [-0.05, 0) is 72.8 Å². The standard InChI is InChI=1S/C30H31F3N4O6S2/c1-35-45(42,43)26-10-7-21(8-11-26)22-5-3-4-20(16-22)18-29(39,24-12-14-37(15-13-24)44(2,40)41)28(38)36-25-9-6-23(19-34)27(17-25)30(31,32)33/h3-11,16-17,24,35,39H,12-15,18H2,1-2H3,(H,36,38). The van der Waals surface area contributed by atoms with Gasteiger partial charge in [0.05, 0.1) is 28.3 Å². The van der Waals surface area contributed by atoms with Gasteiger partial charge in [0.1, 0.15) is 5.60 Å². The minimum Gasteiger partial charge on any atom is -0.379 e. The fourth-order valence-electron chi connectivity index (χ4n) is 5.38. The van der Waals surface area contributed by atoms with Crippen LogP contribution in [0.25, 0.3) is 11.1 Å². The third-order valence-electron chi connectivity index (χ3n) is 7.86. The van der Waals surface area contributed by atoms with E-state index in [9.17, 15) is 39.9 Å². The Morgan fingerprint density at radius 1 is 1.00 bits per heavy atom. The minimum absolute atomic E-state index is 0.0378. The molecule has 1 fully saturated rings. The average Bonchev–Trinajstić information content (AvgIpc) is 3.00. The Hall–Kier alpha value is -3.81. The van der Waals surface area contributed by atoms with Crippen molar-refractivity contribution in [2.24, 2.45) is 5.92 Å². The molecular formula is C30H31F3N4O6S2. The quantitative estimate of drug-likeness (QED) is 0.315. The number of sulfonamides is 2. The lowest BCUT2D eigenvalue weighted by Gasteiger charge is -2.40. The van der Waals surface area contributed by atoms with E-state index in [1.54, 1.807) is 36.4 Å². The van der Waals surface area contributed by atoms with Crippen molar-refractivity contribution in [2.75, 3.05) is 31.7 Å². The summed E-state index contributed by atoms with van der Waals surface area (Å²) in [7, 11) is -5.88. The molecule has 0 spiro atoms. The molecule has 0 saturated carbocycles. The normalized spacial score (nSPS) is 16.5. The van der Waals surface area contributed by atoms with Crippen molar-refractivity contribution in [3.63, 3.8) is 0 Å². The van der Waals surface area contributed by atoms with Crippen LogP contribution in [0.2, 0.25) is 0 Å². The SMILES string of the molecule is CNS(=O)(=O)c1ccc(-c2cccc(CC(O)(C(=O)Nc3ccc(C#N)c(C(F)(F)F)c3)C3CCN(S(C)(=O)=O)CC3)c2)cc1. The Balaban J connectivity index is 1.68. The highest BCUT2D eigenvalue weighted by Crippen LogP contribution is 2.36. The molecule has 1 atom stereocenters. The Kier molecular flexibility index (Phi) is 9.76. The smallest absolute Gasteiger partial charge is 0.379 e. The number of alkyl halides is 3. The summed E-state index contributed by atoms with van der Waals surface area (Å²) in [6.45, 7) is 0.0756. The van der Waals surface area contributed by atoms with Gasteiger partial charge in [0.2, 0.25) is 20.0 Å². The number of halogens is 3. The second kappa shape index (κ2) is 12.9. The van der Waals surface area contributed by atoms with Gasteiger partial charge in [-0.3, -0.25) is 4.79 Å². The largest absolute Gasteiger partial charge is 0.417 e. The Morgan fingerprint density at radius 2 is 1.64 bits per heavy atom. The number of hydrogen-bond acceptors (Lipinski definition) is 7. The van der Waals surface area contributed by atoms with Crippen LogP contribution in [0.4, 0.5) is 18.9 Å². The number of piperidine rings is 1. The fourth-order valence-corrected chi connectivity index (χ4v) is 6.99. The van der Waals surface area contributed by atoms with E-state index in [1.807, 2.05) is 0 Å². The van der Waals surface area contributed by atoms with Gasteiger partial charge in [-0.25, -0.2) is 25.9 Å². The number of nitrogens with zero attached hydrogens (tertiary/aromatic N) is 2. The van der Waals surface area contributed by atoms with Crippen LogP contribution in [0.5, 0.6) is 0 Å². The molecule has 3 aromatic rings. The Labute approximate surface area is 259 Å². The Bertz CT molecular complexity index is 1830. The van der Waals surface area contributed by atoms with Gasteiger partial charge < -0.3 is 10.4 Å². The first-order chi connectivity index (χ1) is 21.0. The van der Waals surface area contributed by atoms with Gasteiger partial charge in [0, 0.05) is 25.2 Å². The molecule has 1 aliphatic rings. The van der Waals surface area contributed by atoms with Crippen LogP contribution in [0.15, 0.2) is 71.6 Å². The third kappa shape index (κ3) is 7.71. The predicted molar refractivity (Wildman–Crippen MR) is 161 cm³/mol. The number of rotatable bonds is 9. The van der Waals surface area contributed by atoms with E-state index in [0.717, 1.165) is 18.4 Å². The minimum atomic E-state index is -4.86. The maximum Gasteiger partial charge on any atom is 0.417 e. The lowest BCUT2D eigenvalue weighted by atomic mass is 9.76. The molecule has 15 heteroatoms. The van der Waals surface area contributed by atoms with Crippen LogP contribution in [0, 0.1) is 17.2 Å². The van der Waals surface area contributed by atoms with E-state index in [2.05, 4.69) is 10.0 Å². The second-order valence-electron chi connectivity index (χ2n) is 10.8. The fraction of sp³-hybridized carbons (Fsp3) is 0.333. The molecule has 1 unspecified atom stereocenters. The summed E-state index contributed by atoms with van der Waals surface area (Å²) in [5.74, 6) is -1.74. The van der Waals surface area contributed by atoms with E-state index in [4.69, 9.17) is 5.26 Å². The topological polar surface area (TPSA) is 157 Å². The summed E-state index contributed by atoms with van der Waals surface area (Å²) in [4.78, 5) is 13.8. The van der Waals surface area contributed by atoms with E-state index < -0.39 is 54.8 Å². The second-order valence-corrected chi connectivity index (χ2v) is 14.7. The lowest BCUT2D eigenvalue weighted by molar-refractivity contribution is -0.142. The van der Waals surface area contributed by atoms with Crippen molar-refractivity contribution < 1.29 is 39.9 Å². The predicted octanol–water partition coefficient (Wildman–Crippen LogP) is 3.74. The van der Waals surface area contributed by atoms with Crippen molar-refractivity contribution in [1.82, 2.24) is 9.03 Å². The summed E-state index contributed by atoms with van der Waals surface area (Å²) >= 11 is 0. The average molecular weight is 665 g/mol. The van der Waals surface area contributed by atoms with Crippen LogP contribution in [-0.4, -0.2) is 64.1 Å². The third-order valence-corrected chi connectivity index (χ3v) is 10.6. The van der Waals surface area contributed by atoms with E-state index >= 15 is 0 Å². The van der Waals surface area contributed by atoms with Gasteiger partial charge in [-0.15, -0.1) is 0 Å². The highest BCUT2D eigenvalue weighted by atomic mass is 32.2. The highest BCUT2D eigenvalue weighted by molar-refractivity contribution is 7.89. The molecule has 1 amide bonds. The van der Waals surface area contributed by atoms with Crippen LogP contribution in [-0.2, 0) is 37.4 Å². The molecule has 4 rings (SSSR count). The number of hydrogen-bond donors (Lipinski definition) is 3. The van der Waals surface area contributed by atoms with E-state index in [1.165, 1.54) is 29.6 Å². The molecule has 0 aliphatic carbocycles. The maximum atomic E-state index is 13.7. The molecule has 0 bridgehead atoms. The number of nitriles is 1. The first kappa shape index (κ1) is 34.1. The summed E-state index contributed by atoms with van der Waals surface area (Å²) in [6, 6.07) is 17.0. The molecule has 3 N–H and O–H groups in total. The van der Waals surface area contributed by atoms with Crippen LogP contribution < -0.4 is 10.0 Å². The van der Waals surface area contributed by atoms with Gasteiger partial charge in [0.15, 0.2) is 0 Å². The number of carbonyl (C=O) groups excluding carboxylic acids is 1. The number of aliphatic hydroxyl groups is 1. The molecule has 45 heavy (non-hydrogen) atoms. The zero-order chi connectivity index (χ0) is 33.2. The molecular weight excluding hydrogens is 633 g/mol. The zero-order valence-electron chi connectivity index (χ0n) is 24.3. The van der Waals surface area contributed by atoms with E-state index in [0.29, 0.717) is 22.8 Å². The first-order valence-corrected chi connectivity index (χ1v) is 17.0. The maximum absolute atomic E-state index is 13.7. The molecule has 1 heterocycles. The molecule has 240 valence electrons. The lowest BCUT2D eigenvalue weighted by Crippen LogP contribution is -2.54. The molecule has 0 radical (unpaired) electrons. The first-order valence-electron chi connectivity index (χ1n) is 13.7. The summed E-state index contributed by atoms with van der Waals surface area (Å²) in [5.41, 5.74) is -2.51. The van der Waals surface area contributed by atoms with Gasteiger partial charge in [-0.2, -0.15) is 18.4 Å². The highest BCUT2D eigenvalue weighted by Gasteiger charge is 2.46. The van der Waals surface area contributed by atoms with Gasteiger partial charge >= 0.3 is 6.18 Å². The van der Waals surface area contributed by atoms with Crippen molar-refractivity contribution in [2.45, 2.75) is 35.9 Å². The van der Waals surface area contributed by atoms with Gasteiger partial charge in [0.25, 0.3) is 5.91 Å². The number of anilines is 1. The molecule has 1 saturated heterocycles. The summed E-state index contributed by atoms with van der Waals surface area (Å²) in [6.07, 6.45) is -3.85. The van der Waals surface area contributed by atoms with Crippen LogP contribution in [0.1, 0.15) is 29.5 Å². The van der Waals surface area contributed by atoms with Crippen molar-refractivity contribution in [3.05, 3.63) is 83.4 Å². The zero-order valence-corrected chi connectivity index (χ0v) is 25.9. The van der Waals surface area contributed by atoms with Crippen molar-refractivity contribution in [3.8, 4) is 17.2 Å². The summed E-state index contributed by atoms with van der Waals surface area (Å²) < 4.78 is 92.5. The van der Waals surface area contributed by atoms with Crippen LogP contribution >= 0.6 is 0 Å².